The molecule has 5 rings (SSSR count). The van der Waals surface area contributed by atoms with Crippen molar-refractivity contribution in [2.45, 2.75) is 0 Å². The molecule has 3 aromatic heterocycles. The molecule has 5 aromatic rings. The molecule has 0 aliphatic rings. The van der Waals surface area contributed by atoms with E-state index in [1.165, 1.54) is 0 Å². The van der Waals surface area contributed by atoms with E-state index in [-0.39, 0.29) is 11.6 Å². The third-order valence-electron chi connectivity index (χ3n) is 4.95. The smallest absolute Gasteiger partial charge is 0.276 e. The molecule has 0 spiro atoms. The van der Waals surface area contributed by atoms with Gasteiger partial charge in [-0.3, -0.25) is 19.9 Å². The van der Waals surface area contributed by atoms with Crippen LogP contribution in [0.1, 0.15) is 10.5 Å². The summed E-state index contributed by atoms with van der Waals surface area (Å²) in [5.41, 5.74) is 4.04. The lowest BCUT2D eigenvalue weighted by Crippen LogP contribution is -2.12. The Kier molecular flexibility index (Phi) is 4.90. The van der Waals surface area contributed by atoms with Gasteiger partial charge in [-0.1, -0.05) is 35.9 Å². The van der Waals surface area contributed by atoms with Crippen LogP contribution >= 0.6 is 11.6 Å². The standard InChI is InChI=1S/C24H16ClN5O/c25-20-6-5-17(13-19(20)23-18-4-2-1-3-15(18)9-12-27-23)28-24(31)22-14-21(29-30-22)16-7-10-26-11-8-16/h1-14H,(H,28,31)(H,29,30). The Balaban J connectivity index is 1.45. The van der Waals surface area contributed by atoms with Crippen LogP contribution in [0.2, 0.25) is 5.02 Å². The SMILES string of the molecule is O=C(Nc1ccc(Cl)c(-c2nccc3ccccc23)c1)c1cc(-c2ccncc2)[nH]n1. The van der Waals surface area contributed by atoms with Crippen LogP contribution in [-0.2, 0) is 0 Å². The van der Waals surface area contributed by atoms with E-state index in [2.05, 4.69) is 25.5 Å². The van der Waals surface area contributed by atoms with Gasteiger partial charge in [0.25, 0.3) is 5.91 Å². The van der Waals surface area contributed by atoms with Gasteiger partial charge in [-0.25, -0.2) is 0 Å². The highest BCUT2D eigenvalue weighted by atomic mass is 35.5. The first-order valence-electron chi connectivity index (χ1n) is 9.60. The number of carbonyl (C=O) groups is 1. The number of aromatic nitrogens is 4. The molecule has 7 heteroatoms. The number of aromatic amines is 1. The summed E-state index contributed by atoms with van der Waals surface area (Å²) in [6.07, 6.45) is 5.13. The number of halogens is 1. The molecule has 0 atom stereocenters. The van der Waals surface area contributed by atoms with Crippen LogP contribution in [0.5, 0.6) is 0 Å². The molecular formula is C24H16ClN5O. The van der Waals surface area contributed by atoms with Crippen molar-refractivity contribution >= 4 is 34.0 Å². The second-order valence-corrected chi connectivity index (χ2v) is 7.34. The minimum Gasteiger partial charge on any atom is -0.321 e. The van der Waals surface area contributed by atoms with Crippen molar-refractivity contribution < 1.29 is 4.79 Å². The monoisotopic (exact) mass is 425 g/mol. The zero-order valence-electron chi connectivity index (χ0n) is 16.2. The van der Waals surface area contributed by atoms with E-state index in [4.69, 9.17) is 11.6 Å². The summed E-state index contributed by atoms with van der Waals surface area (Å²) in [5.74, 6) is -0.323. The number of rotatable bonds is 4. The number of benzene rings is 2. The van der Waals surface area contributed by atoms with E-state index in [1.807, 2.05) is 48.5 Å². The predicted molar refractivity (Wildman–Crippen MR) is 122 cm³/mol. The van der Waals surface area contributed by atoms with Gasteiger partial charge in [0.2, 0.25) is 0 Å². The Hall–Kier alpha value is -4.03. The molecule has 1 amide bonds. The number of carbonyl (C=O) groups excluding carboxylic acids is 1. The van der Waals surface area contributed by atoms with Crippen LogP contribution in [0, 0.1) is 0 Å². The van der Waals surface area contributed by atoms with Crippen molar-refractivity contribution in [3.05, 3.63) is 96.0 Å². The largest absolute Gasteiger partial charge is 0.321 e. The van der Waals surface area contributed by atoms with Crippen molar-refractivity contribution in [3.63, 3.8) is 0 Å². The molecule has 0 aliphatic carbocycles. The van der Waals surface area contributed by atoms with Crippen molar-refractivity contribution in [1.29, 1.82) is 0 Å². The molecule has 0 saturated carbocycles. The highest BCUT2D eigenvalue weighted by Gasteiger charge is 2.14. The molecule has 2 aromatic carbocycles. The number of pyridine rings is 2. The average Bonchev–Trinajstić information content (AvgIpc) is 3.31. The summed E-state index contributed by atoms with van der Waals surface area (Å²) >= 11 is 6.48. The number of hydrogen-bond donors (Lipinski definition) is 2. The van der Waals surface area contributed by atoms with E-state index in [0.717, 1.165) is 33.3 Å². The predicted octanol–water partition coefficient (Wildman–Crippen LogP) is 5.59. The van der Waals surface area contributed by atoms with Gasteiger partial charge in [-0.15, -0.1) is 0 Å². The molecule has 3 heterocycles. The number of H-pyrrole nitrogens is 1. The van der Waals surface area contributed by atoms with Gasteiger partial charge in [-0.2, -0.15) is 5.10 Å². The van der Waals surface area contributed by atoms with Crippen molar-refractivity contribution in [1.82, 2.24) is 20.2 Å². The number of anilines is 1. The van der Waals surface area contributed by atoms with Crippen molar-refractivity contribution in [2.24, 2.45) is 0 Å². The number of hydrogen-bond acceptors (Lipinski definition) is 4. The average molecular weight is 426 g/mol. The summed E-state index contributed by atoms with van der Waals surface area (Å²) in [6.45, 7) is 0. The van der Waals surface area contributed by atoms with Gasteiger partial charge in [0, 0.05) is 40.8 Å². The topological polar surface area (TPSA) is 83.6 Å². The minimum atomic E-state index is -0.323. The van der Waals surface area contributed by atoms with Crippen LogP contribution in [-0.4, -0.2) is 26.1 Å². The maximum absolute atomic E-state index is 12.7. The van der Waals surface area contributed by atoms with Gasteiger partial charge in [0.1, 0.15) is 0 Å². The first-order valence-corrected chi connectivity index (χ1v) is 9.98. The summed E-state index contributed by atoms with van der Waals surface area (Å²) < 4.78 is 0. The summed E-state index contributed by atoms with van der Waals surface area (Å²) in [5, 5.41) is 12.5. The zero-order chi connectivity index (χ0) is 21.2. The second-order valence-electron chi connectivity index (χ2n) is 6.93. The molecule has 0 bridgehead atoms. The Labute approximate surface area is 183 Å². The quantitative estimate of drug-likeness (QED) is 0.393. The molecule has 0 aliphatic heterocycles. The van der Waals surface area contributed by atoms with Crippen LogP contribution in [0.3, 0.4) is 0 Å². The van der Waals surface area contributed by atoms with Gasteiger partial charge in [-0.05, 0) is 47.9 Å². The minimum absolute atomic E-state index is 0.284. The van der Waals surface area contributed by atoms with Crippen LogP contribution in [0.4, 0.5) is 5.69 Å². The fraction of sp³-hybridized carbons (Fsp3) is 0. The first-order chi connectivity index (χ1) is 15.2. The second kappa shape index (κ2) is 8.01. The maximum atomic E-state index is 12.7. The van der Waals surface area contributed by atoms with Crippen LogP contribution in [0.15, 0.2) is 85.3 Å². The van der Waals surface area contributed by atoms with Gasteiger partial charge >= 0.3 is 0 Å². The molecular weight excluding hydrogens is 410 g/mol. The lowest BCUT2D eigenvalue weighted by Gasteiger charge is -2.10. The Morgan fingerprint density at radius 3 is 2.65 bits per heavy atom. The number of nitrogens with one attached hydrogen (secondary N) is 2. The van der Waals surface area contributed by atoms with Crippen molar-refractivity contribution in [2.75, 3.05) is 5.32 Å². The number of nitrogens with zero attached hydrogens (tertiary/aromatic N) is 3. The summed E-state index contributed by atoms with van der Waals surface area (Å²) in [4.78, 5) is 21.3. The normalized spacial score (nSPS) is 10.9. The summed E-state index contributed by atoms with van der Waals surface area (Å²) in [6, 6.07) is 20.7. The van der Waals surface area contributed by atoms with Crippen LogP contribution in [0.25, 0.3) is 33.3 Å². The Morgan fingerprint density at radius 1 is 0.935 bits per heavy atom. The molecule has 31 heavy (non-hydrogen) atoms. The highest BCUT2D eigenvalue weighted by Crippen LogP contribution is 2.33. The van der Waals surface area contributed by atoms with E-state index < -0.39 is 0 Å². The zero-order valence-corrected chi connectivity index (χ0v) is 17.0. The van der Waals surface area contributed by atoms with E-state index >= 15 is 0 Å². The molecule has 0 unspecified atom stereocenters. The Bertz CT molecular complexity index is 1390. The lowest BCUT2D eigenvalue weighted by atomic mass is 10.0. The van der Waals surface area contributed by atoms with E-state index in [1.54, 1.807) is 36.8 Å². The molecule has 150 valence electrons. The molecule has 6 nitrogen and oxygen atoms in total. The molecule has 0 saturated heterocycles. The number of amides is 1. The van der Waals surface area contributed by atoms with Gasteiger partial charge in [0.05, 0.1) is 16.4 Å². The van der Waals surface area contributed by atoms with Gasteiger partial charge < -0.3 is 5.32 Å². The van der Waals surface area contributed by atoms with Crippen molar-refractivity contribution in [3.8, 4) is 22.5 Å². The molecule has 0 fully saturated rings. The maximum Gasteiger partial charge on any atom is 0.276 e. The van der Waals surface area contributed by atoms with E-state index in [9.17, 15) is 4.79 Å². The molecule has 2 N–H and O–H groups in total. The highest BCUT2D eigenvalue weighted by molar-refractivity contribution is 6.33. The fourth-order valence-electron chi connectivity index (χ4n) is 3.43. The lowest BCUT2D eigenvalue weighted by molar-refractivity contribution is 0.102. The Morgan fingerprint density at radius 2 is 1.77 bits per heavy atom. The molecule has 0 radical (unpaired) electrons. The third kappa shape index (κ3) is 3.76. The van der Waals surface area contributed by atoms with E-state index in [0.29, 0.717) is 10.7 Å². The summed E-state index contributed by atoms with van der Waals surface area (Å²) in [7, 11) is 0. The first kappa shape index (κ1) is 19.0. The third-order valence-corrected chi connectivity index (χ3v) is 5.28. The fourth-order valence-corrected chi connectivity index (χ4v) is 3.64. The van der Waals surface area contributed by atoms with Gasteiger partial charge in [0.15, 0.2) is 5.69 Å². The number of fused-ring (bicyclic) bond motifs is 1. The van der Waals surface area contributed by atoms with Crippen LogP contribution < -0.4 is 5.32 Å².